The van der Waals surface area contributed by atoms with Gasteiger partial charge in [-0.05, 0) is 47.4 Å². The summed E-state index contributed by atoms with van der Waals surface area (Å²) in [7, 11) is 4.82. The van der Waals surface area contributed by atoms with Gasteiger partial charge in [0.05, 0.1) is 21.3 Å². The predicted octanol–water partition coefficient (Wildman–Crippen LogP) is 2.49. The minimum absolute atomic E-state index is 0.114. The molecule has 0 aromatic heterocycles. The number of carbonyl (C=O) groups is 2. The van der Waals surface area contributed by atoms with Gasteiger partial charge in [0.1, 0.15) is 5.75 Å². The monoisotopic (exact) mass is 427 g/mol. The highest BCUT2D eigenvalue weighted by molar-refractivity contribution is 5.78. The molecule has 0 atom stereocenters. The van der Waals surface area contributed by atoms with Crippen molar-refractivity contribution in [3.05, 3.63) is 53.1 Å². The summed E-state index contributed by atoms with van der Waals surface area (Å²) in [4.78, 5) is 26.3. The molecule has 31 heavy (non-hydrogen) atoms. The quantitative estimate of drug-likeness (QED) is 0.676. The molecule has 1 heterocycles. The zero-order chi connectivity index (χ0) is 22.2. The average Bonchev–Trinajstić information content (AvgIpc) is 2.81. The van der Waals surface area contributed by atoms with E-state index < -0.39 is 0 Å². The fraction of sp³-hybridized carbons (Fsp3) is 0.391. The maximum atomic E-state index is 12.5. The normalized spacial score (nSPS) is 12.5. The van der Waals surface area contributed by atoms with E-state index in [9.17, 15) is 9.59 Å². The van der Waals surface area contributed by atoms with Crippen molar-refractivity contribution in [3.63, 3.8) is 0 Å². The highest BCUT2D eigenvalue weighted by atomic mass is 16.5. The molecule has 3 rings (SSSR count). The summed E-state index contributed by atoms with van der Waals surface area (Å²) in [5.74, 6) is 2.00. The van der Waals surface area contributed by atoms with Crippen LogP contribution in [0.5, 0.6) is 17.2 Å². The molecule has 0 unspecified atom stereocenters. The van der Waals surface area contributed by atoms with Crippen molar-refractivity contribution in [1.29, 1.82) is 0 Å². The number of hydrogen-bond donors (Lipinski definition) is 2. The molecular weight excluding hydrogens is 398 g/mol. The van der Waals surface area contributed by atoms with E-state index in [0.29, 0.717) is 31.1 Å². The number of ether oxygens (including phenoxy) is 3. The Morgan fingerprint density at radius 1 is 0.935 bits per heavy atom. The van der Waals surface area contributed by atoms with Gasteiger partial charge >= 0.3 is 6.03 Å². The summed E-state index contributed by atoms with van der Waals surface area (Å²) in [6.07, 6.45) is 0.961. The van der Waals surface area contributed by atoms with E-state index >= 15 is 0 Å². The molecule has 0 bridgehead atoms. The minimum Gasteiger partial charge on any atom is -0.497 e. The molecule has 8 heteroatoms. The van der Waals surface area contributed by atoms with Crippen LogP contribution in [-0.4, -0.2) is 51.3 Å². The first-order valence-corrected chi connectivity index (χ1v) is 10.2. The molecular formula is C23H29N3O5. The summed E-state index contributed by atoms with van der Waals surface area (Å²) in [5, 5.41) is 5.69. The lowest BCUT2D eigenvalue weighted by atomic mass is 9.99. The molecule has 0 fully saturated rings. The topological polar surface area (TPSA) is 89.1 Å². The van der Waals surface area contributed by atoms with Crippen LogP contribution < -0.4 is 24.8 Å². The Balaban J connectivity index is 1.43. The second kappa shape index (κ2) is 10.6. The Morgan fingerprint density at radius 2 is 1.61 bits per heavy atom. The summed E-state index contributed by atoms with van der Waals surface area (Å²) in [5.41, 5.74) is 3.17. The molecule has 0 aliphatic carbocycles. The number of nitrogens with zero attached hydrogens (tertiary/aromatic N) is 1. The van der Waals surface area contributed by atoms with Gasteiger partial charge < -0.3 is 29.7 Å². The molecule has 2 aromatic carbocycles. The summed E-state index contributed by atoms with van der Waals surface area (Å²) < 4.78 is 15.8. The SMILES string of the molecule is COc1ccc(CNC(=O)CCNC(=O)N2CCc3cc(OC)c(OC)cc3C2)cc1. The molecule has 0 saturated heterocycles. The number of hydrogen-bond acceptors (Lipinski definition) is 5. The molecule has 2 N–H and O–H groups in total. The molecule has 1 aliphatic rings. The third-order valence-corrected chi connectivity index (χ3v) is 5.28. The predicted molar refractivity (Wildman–Crippen MR) is 117 cm³/mol. The second-order valence-corrected chi connectivity index (χ2v) is 7.25. The van der Waals surface area contributed by atoms with E-state index in [2.05, 4.69) is 10.6 Å². The first-order chi connectivity index (χ1) is 15.0. The Labute approximate surface area is 182 Å². The van der Waals surface area contributed by atoms with Gasteiger partial charge in [-0.2, -0.15) is 0 Å². The van der Waals surface area contributed by atoms with Gasteiger partial charge in [-0.15, -0.1) is 0 Å². The lowest BCUT2D eigenvalue weighted by Crippen LogP contribution is -2.43. The standard InChI is InChI=1S/C23H29N3O5/c1-29-19-6-4-16(5-7-19)14-25-22(27)8-10-24-23(28)26-11-9-17-12-20(30-2)21(31-3)13-18(17)15-26/h4-7,12-13H,8-11,14-15H2,1-3H3,(H,24,28)(H,25,27). The molecule has 8 nitrogen and oxygen atoms in total. The molecule has 1 aliphatic heterocycles. The summed E-state index contributed by atoms with van der Waals surface area (Å²) in [6, 6.07) is 11.2. The van der Waals surface area contributed by atoms with Gasteiger partial charge in [0, 0.05) is 32.6 Å². The first kappa shape index (κ1) is 22.3. The second-order valence-electron chi connectivity index (χ2n) is 7.25. The zero-order valence-electron chi connectivity index (χ0n) is 18.2. The average molecular weight is 428 g/mol. The van der Waals surface area contributed by atoms with Crippen molar-refractivity contribution < 1.29 is 23.8 Å². The molecule has 3 amide bonds. The summed E-state index contributed by atoms with van der Waals surface area (Å²) in [6.45, 7) is 1.82. The van der Waals surface area contributed by atoms with Gasteiger partial charge in [0.25, 0.3) is 0 Å². The fourth-order valence-electron chi connectivity index (χ4n) is 3.48. The molecule has 0 saturated carbocycles. The third kappa shape index (κ3) is 5.81. The van der Waals surface area contributed by atoms with Crippen LogP contribution in [0.15, 0.2) is 36.4 Å². The maximum Gasteiger partial charge on any atom is 0.317 e. The van der Waals surface area contributed by atoms with Crippen LogP contribution in [0, 0.1) is 0 Å². The van der Waals surface area contributed by atoms with E-state index in [0.717, 1.165) is 28.9 Å². The van der Waals surface area contributed by atoms with Crippen molar-refractivity contribution in [2.45, 2.75) is 25.9 Å². The third-order valence-electron chi connectivity index (χ3n) is 5.28. The number of rotatable bonds is 8. The van der Waals surface area contributed by atoms with Crippen LogP contribution in [0.25, 0.3) is 0 Å². The van der Waals surface area contributed by atoms with Crippen LogP contribution in [0.3, 0.4) is 0 Å². The number of amides is 3. The van der Waals surface area contributed by atoms with Gasteiger partial charge in [-0.1, -0.05) is 12.1 Å². The Morgan fingerprint density at radius 3 is 2.26 bits per heavy atom. The Hall–Kier alpha value is -3.42. The van der Waals surface area contributed by atoms with Crippen molar-refractivity contribution in [2.24, 2.45) is 0 Å². The highest BCUT2D eigenvalue weighted by Gasteiger charge is 2.22. The van der Waals surface area contributed by atoms with Gasteiger partial charge in [-0.3, -0.25) is 4.79 Å². The Kier molecular flexibility index (Phi) is 7.59. The van der Waals surface area contributed by atoms with E-state index in [1.54, 1.807) is 26.2 Å². The van der Waals surface area contributed by atoms with Gasteiger partial charge in [-0.25, -0.2) is 4.79 Å². The molecule has 0 radical (unpaired) electrons. The van der Waals surface area contributed by atoms with E-state index in [4.69, 9.17) is 14.2 Å². The first-order valence-electron chi connectivity index (χ1n) is 10.2. The van der Waals surface area contributed by atoms with Crippen LogP contribution >= 0.6 is 0 Å². The summed E-state index contributed by atoms with van der Waals surface area (Å²) >= 11 is 0. The van der Waals surface area contributed by atoms with Crippen LogP contribution in [0.1, 0.15) is 23.1 Å². The number of fused-ring (bicyclic) bond motifs is 1. The Bertz CT molecular complexity index is 914. The lowest BCUT2D eigenvalue weighted by molar-refractivity contribution is -0.121. The molecule has 0 spiro atoms. The van der Waals surface area contributed by atoms with Crippen LogP contribution in [0.4, 0.5) is 4.79 Å². The highest BCUT2D eigenvalue weighted by Crippen LogP contribution is 2.33. The van der Waals surface area contributed by atoms with Crippen molar-refractivity contribution in [2.75, 3.05) is 34.4 Å². The number of benzene rings is 2. The van der Waals surface area contributed by atoms with E-state index in [1.807, 2.05) is 36.4 Å². The maximum absolute atomic E-state index is 12.5. The zero-order valence-corrected chi connectivity index (χ0v) is 18.2. The van der Waals surface area contributed by atoms with E-state index in [-0.39, 0.29) is 24.9 Å². The number of urea groups is 1. The van der Waals surface area contributed by atoms with Crippen LogP contribution in [-0.2, 0) is 24.3 Å². The minimum atomic E-state index is -0.177. The van der Waals surface area contributed by atoms with E-state index in [1.165, 1.54) is 0 Å². The lowest BCUT2D eigenvalue weighted by Gasteiger charge is -2.29. The van der Waals surface area contributed by atoms with Crippen LogP contribution in [0.2, 0.25) is 0 Å². The largest absolute Gasteiger partial charge is 0.497 e. The number of carbonyl (C=O) groups excluding carboxylic acids is 2. The van der Waals surface area contributed by atoms with Crippen molar-refractivity contribution >= 4 is 11.9 Å². The number of nitrogens with one attached hydrogen (secondary N) is 2. The van der Waals surface area contributed by atoms with Gasteiger partial charge in [0.2, 0.25) is 5.91 Å². The van der Waals surface area contributed by atoms with Gasteiger partial charge in [0.15, 0.2) is 11.5 Å². The van der Waals surface area contributed by atoms with Crippen molar-refractivity contribution in [3.8, 4) is 17.2 Å². The number of methoxy groups -OCH3 is 3. The molecule has 166 valence electrons. The van der Waals surface area contributed by atoms with Crippen molar-refractivity contribution in [1.82, 2.24) is 15.5 Å². The smallest absolute Gasteiger partial charge is 0.317 e. The fourth-order valence-corrected chi connectivity index (χ4v) is 3.48. The molecule has 2 aromatic rings.